The normalized spacial score (nSPS) is 11.0. The SMILES string of the molecule is Cc1ccc(Sc2ccc(NC(=O)CSCc3cc(=O)n4ccsc4n3)cc2)c(C)c1. The van der Waals surface area contributed by atoms with Crippen LogP contribution < -0.4 is 10.9 Å². The van der Waals surface area contributed by atoms with Gasteiger partial charge >= 0.3 is 0 Å². The van der Waals surface area contributed by atoms with E-state index in [0.29, 0.717) is 22.2 Å². The molecule has 0 aliphatic carbocycles. The third-order valence-electron chi connectivity index (χ3n) is 4.54. The summed E-state index contributed by atoms with van der Waals surface area (Å²) in [5.74, 6) is 0.737. The van der Waals surface area contributed by atoms with Crippen LogP contribution in [0.15, 0.2) is 74.7 Å². The second-order valence-electron chi connectivity index (χ2n) is 7.08. The molecule has 8 heteroatoms. The summed E-state index contributed by atoms with van der Waals surface area (Å²) < 4.78 is 1.52. The van der Waals surface area contributed by atoms with Crippen LogP contribution in [0, 0.1) is 13.8 Å². The Labute approximate surface area is 192 Å². The lowest BCUT2D eigenvalue weighted by Gasteiger charge is -2.08. The molecule has 158 valence electrons. The molecule has 0 bridgehead atoms. The Kier molecular flexibility index (Phi) is 6.80. The molecule has 0 aliphatic heterocycles. The van der Waals surface area contributed by atoms with Crippen LogP contribution in [-0.4, -0.2) is 21.0 Å². The minimum atomic E-state index is -0.0925. The highest BCUT2D eigenvalue weighted by Crippen LogP contribution is 2.31. The summed E-state index contributed by atoms with van der Waals surface area (Å²) >= 11 is 4.57. The van der Waals surface area contributed by atoms with E-state index in [9.17, 15) is 9.59 Å². The number of fused-ring (bicyclic) bond motifs is 1. The van der Waals surface area contributed by atoms with Crippen LogP contribution >= 0.6 is 34.9 Å². The number of rotatable bonds is 7. The summed E-state index contributed by atoms with van der Waals surface area (Å²) in [5.41, 5.74) is 3.89. The fraction of sp³-hybridized carbons (Fsp3) is 0.174. The van der Waals surface area contributed by atoms with Crippen LogP contribution in [0.25, 0.3) is 4.96 Å². The number of carbonyl (C=O) groups is 1. The maximum atomic E-state index is 12.3. The van der Waals surface area contributed by atoms with Crippen LogP contribution in [0.2, 0.25) is 0 Å². The molecule has 0 saturated heterocycles. The van der Waals surface area contributed by atoms with Gasteiger partial charge in [-0.25, -0.2) is 4.98 Å². The maximum Gasteiger partial charge on any atom is 0.258 e. The van der Waals surface area contributed by atoms with Crippen molar-refractivity contribution in [3.8, 4) is 0 Å². The minimum Gasteiger partial charge on any atom is -0.325 e. The van der Waals surface area contributed by atoms with Crippen LogP contribution in [0.1, 0.15) is 16.8 Å². The lowest BCUT2D eigenvalue weighted by Crippen LogP contribution is -2.15. The minimum absolute atomic E-state index is 0.0753. The average Bonchev–Trinajstić information content (AvgIpc) is 3.21. The summed E-state index contributed by atoms with van der Waals surface area (Å²) in [4.78, 5) is 31.8. The molecule has 2 heterocycles. The highest BCUT2D eigenvalue weighted by molar-refractivity contribution is 7.99. The van der Waals surface area contributed by atoms with E-state index in [0.717, 1.165) is 10.6 Å². The number of hydrogen-bond acceptors (Lipinski definition) is 6. The van der Waals surface area contributed by atoms with Gasteiger partial charge in [0.1, 0.15) is 0 Å². The van der Waals surface area contributed by atoms with E-state index >= 15 is 0 Å². The third kappa shape index (κ3) is 5.58. The summed E-state index contributed by atoms with van der Waals surface area (Å²) in [6, 6.07) is 15.8. The van der Waals surface area contributed by atoms with E-state index in [4.69, 9.17) is 0 Å². The first-order valence-electron chi connectivity index (χ1n) is 9.66. The van der Waals surface area contributed by atoms with E-state index in [2.05, 4.69) is 42.3 Å². The molecule has 0 spiro atoms. The molecule has 2 aromatic carbocycles. The predicted molar refractivity (Wildman–Crippen MR) is 131 cm³/mol. The van der Waals surface area contributed by atoms with Crippen molar-refractivity contribution < 1.29 is 4.79 Å². The first kappa shape index (κ1) is 21.7. The fourth-order valence-electron chi connectivity index (χ4n) is 3.05. The summed E-state index contributed by atoms with van der Waals surface area (Å²) in [6.07, 6.45) is 1.71. The van der Waals surface area contributed by atoms with E-state index in [-0.39, 0.29) is 11.5 Å². The molecule has 0 fully saturated rings. The number of thioether (sulfide) groups is 1. The van der Waals surface area contributed by atoms with Crippen LogP contribution in [-0.2, 0) is 10.5 Å². The van der Waals surface area contributed by atoms with E-state index < -0.39 is 0 Å². The van der Waals surface area contributed by atoms with Crippen LogP contribution in [0.5, 0.6) is 0 Å². The molecule has 5 nitrogen and oxygen atoms in total. The second kappa shape index (κ2) is 9.72. The van der Waals surface area contributed by atoms with Gasteiger partial charge in [-0.2, -0.15) is 0 Å². The van der Waals surface area contributed by atoms with Crippen molar-refractivity contribution in [1.29, 1.82) is 0 Å². The number of benzene rings is 2. The Morgan fingerprint density at radius 2 is 1.94 bits per heavy atom. The number of thiazole rings is 1. The van der Waals surface area contributed by atoms with Gasteiger partial charge in [0.15, 0.2) is 4.96 Å². The maximum absolute atomic E-state index is 12.3. The largest absolute Gasteiger partial charge is 0.325 e. The van der Waals surface area contributed by atoms with Gasteiger partial charge in [0.25, 0.3) is 5.56 Å². The first-order valence-corrected chi connectivity index (χ1v) is 12.5. The van der Waals surface area contributed by atoms with Gasteiger partial charge in [-0.1, -0.05) is 29.5 Å². The number of aryl methyl sites for hydroxylation is 2. The first-order chi connectivity index (χ1) is 15.0. The average molecular weight is 468 g/mol. The molecular formula is C23H21N3O2S3. The number of amides is 1. The van der Waals surface area contributed by atoms with Gasteiger partial charge < -0.3 is 5.32 Å². The van der Waals surface area contributed by atoms with Crippen LogP contribution in [0.4, 0.5) is 5.69 Å². The Morgan fingerprint density at radius 3 is 2.71 bits per heavy atom. The molecule has 0 saturated carbocycles. The van der Waals surface area contributed by atoms with Gasteiger partial charge in [0.2, 0.25) is 5.91 Å². The topological polar surface area (TPSA) is 63.5 Å². The van der Waals surface area contributed by atoms with Crippen molar-refractivity contribution in [2.24, 2.45) is 0 Å². The molecule has 0 radical (unpaired) electrons. The lowest BCUT2D eigenvalue weighted by atomic mass is 10.2. The zero-order valence-corrected chi connectivity index (χ0v) is 19.6. The summed E-state index contributed by atoms with van der Waals surface area (Å²) in [5, 5.41) is 4.75. The molecule has 1 N–H and O–H groups in total. The third-order valence-corrected chi connectivity index (χ3v) is 7.44. The Morgan fingerprint density at radius 1 is 1.13 bits per heavy atom. The van der Waals surface area contributed by atoms with E-state index in [1.807, 2.05) is 29.6 Å². The molecule has 31 heavy (non-hydrogen) atoms. The monoisotopic (exact) mass is 467 g/mol. The van der Waals surface area contributed by atoms with Crippen molar-refractivity contribution in [1.82, 2.24) is 9.38 Å². The van der Waals surface area contributed by atoms with Gasteiger partial charge in [-0.3, -0.25) is 14.0 Å². The van der Waals surface area contributed by atoms with Gasteiger partial charge in [-0.05, 0) is 49.7 Å². The van der Waals surface area contributed by atoms with E-state index in [1.54, 1.807) is 18.0 Å². The molecule has 0 unspecified atom stereocenters. The van der Waals surface area contributed by atoms with Gasteiger partial charge in [-0.15, -0.1) is 23.1 Å². The van der Waals surface area contributed by atoms with Crippen molar-refractivity contribution in [2.75, 3.05) is 11.1 Å². The fourth-order valence-corrected chi connectivity index (χ4v) is 5.39. The van der Waals surface area contributed by atoms with Crippen molar-refractivity contribution in [2.45, 2.75) is 29.4 Å². The Hall–Kier alpha value is -2.55. The number of anilines is 1. The number of nitrogens with zero attached hydrogens (tertiary/aromatic N) is 2. The molecule has 0 aliphatic rings. The standard InChI is InChI=1S/C23H21N3O2S3/c1-15-3-8-20(16(2)11-15)31-19-6-4-17(5-7-19)24-21(27)14-29-13-18-12-22(28)26-9-10-30-23(26)25-18/h3-12H,13-14H2,1-2H3,(H,24,27). The number of carbonyl (C=O) groups excluding carboxylic acids is 1. The highest BCUT2D eigenvalue weighted by atomic mass is 32.2. The van der Waals surface area contributed by atoms with E-state index in [1.165, 1.54) is 49.6 Å². The second-order valence-corrected chi connectivity index (χ2v) is 10.1. The molecule has 2 aromatic heterocycles. The van der Waals surface area contributed by atoms with Gasteiger partial charge in [0.05, 0.1) is 11.4 Å². The molecular weight excluding hydrogens is 446 g/mol. The Bertz CT molecular complexity index is 1280. The molecule has 4 rings (SSSR count). The predicted octanol–water partition coefficient (Wildman–Crippen LogP) is 5.40. The lowest BCUT2D eigenvalue weighted by molar-refractivity contribution is -0.113. The smallest absolute Gasteiger partial charge is 0.258 e. The van der Waals surface area contributed by atoms with Crippen molar-refractivity contribution >= 4 is 51.4 Å². The number of aromatic nitrogens is 2. The zero-order valence-electron chi connectivity index (χ0n) is 17.1. The van der Waals surface area contributed by atoms with Gasteiger partial charge in [0, 0.05) is 38.9 Å². The quantitative estimate of drug-likeness (QED) is 0.394. The number of nitrogens with one attached hydrogen (secondary N) is 1. The van der Waals surface area contributed by atoms with Crippen molar-refractivity contribution in [3.63, 3.8) is 0 Å². The zero-order chi connectivity index (χ0) is 21.8. The van der Waals surface area contributed by atoms with Crippen LogP contribution in [0.3, 0.4) is 0 Å². The highest BCUT2D eigenvalue weighted by Gasteiger charge is 2.07. The molecule has 4 aromatic rings. The summed E-state index contributed by atoms with van der Waals surface area (Å²) in [7, 11) is 0. The molecule has 1 amide bonds. The van der Waals surface area contributed by atoms with Crippen molar-refractivity contribution in [3.05, 3.63) is 87.3 Å². The Balaban J connectivity index is 1.28. The molecule has 0 atom stereocenters. The summed E-state index contributed by atoms with van der Waals surface area (Å²) in [6.45, 7) is 4.21. The number of hydrogen-bond donors (Lipinski definition) is 1.